The molecule has 2 aromatic heterocycles. The van der Waals surface area contributed by atoms with Gasteiger partial charge in [-0.15, -0.1) is 5.10 Å². The molecule has 0 aliphatic rings. The molecule has 3 aromatic rings. The van der Waals surface area contributed by atoms with Gasteiger partial charge in [0, 0.05) is 31.5 Å². The summed E-state index contributed by atoms with van der Waals surface area (Å²) in [6, 6.07) is 12.4. The summed E-state index contributed by atoms with van der Waals surface area (Å²) in [5, 5.41) is 18.2. The Morgan fingerprint density at radius 3 is 2.71 bits per heavy atom. The van der Waals surface area contributed by atoms with Crippen LogP contribution >= 0.6 is 0 Å². The maximum absolute atomic E-state index is 4.00. The highest BCUT2D eigenvalue weighted by Gasteiger charge is 2.08. The van der Waals surface area contributed by atoms with E-state index in [0.717, 1.165) is 31.9 Å². The SMILES string of the molecule is c1ccc(CN(CCn2cnnn2)Cc2ccn[nH]2)cc1. The zero-order valence-corrected chi connectivity index (χ0v) is 11.6. The number of benzene rings is 1. The molecule has 2 heterocycles. The van der Waals surface area contributed by atoms with Crippen molar-refractivity contribution < 1.29 is 0 Å². The molecule has 7 nitrogen and oxygen atoms in total. The molecular formula is C14H17N7. The van der Waals surface area contributed by atoms with Crippen molar-refractivity contribution >= 4 is 0 Å². The van der Waals surface area contributed by atoms with Crippen molar-refractivity contribution in [3.8, 4) is 0 Å². The van der Waals surface area contributed by atoms with E-state index in [9.17, 15) is 0 Å². The van der Waals surface area contributed by atoms with Crippen molar-refractivity contribution in [2.45, 2.75) is 19.6 Å². The number of aromatic amines is 1. The minimum Gasteiger partial charge on any atom is -0.291 e. The van der Waals surface area contributed by atoms with Crippen LogP contribution in [0.15, 0.2) is 48.9 Å². The van der Waals surface area contributed by atoms with Crippen LogP contribution in [0, 0.1) is 0 Å². The lowest BCUT2D eigenvalue weighted by Gasteiger charge is -2.21. The maximum Gasteiger partial charge on any atom is 0.138 e. The summed E-state index contributed by atoms with van der Waals surface area (Å²) in [6.07, 6.45) is 3.41. The Morgan fingerprint density at radius 1 is 1.10 bits per heavy atom. The Bertz CT molecular complexity index is 619. The fourth-order valence-electron chi connectivity index (χ4n) is 2.20. The molecular weight excluding hydrogens is 266 g/mol. The van der Waals surface area contributed by atoms with Gasteiger partial charge >= 0.3 is 0 Å². The highest BCUT2D eigenvalue weighted by molar-refractivity contribution is 5.14. The van der Waals surface area contributed by atoms with Crippen molar-refractivity contribution in [2.75, 3.05) is 6.54 Å². The van der Waals surface area contributed by atoms with E-state index in [4.69, 9.17) is 0 Å². The van der Waals surface area contributed by atoms with E-state index in [1.807, 2.05) is 12.1 Å². The van der Waals surface area contributed by atoms with Crippen LogP contribution in [-0.2, 0) is 19.6 Å². The molecule has 0 fully saturated rings. The van der Waals surface area contributed by atoms with Crippen LogP contribution in [0.5, 0.6) is 0 Å². The highest BCUT2D eigenvalue weighted by atomic mass is 15.5. The van der Waals surface area contributed by atoms with Gasteiger partial charge in [-0.05, 0) is 22.1 Å². The van der Waals surface area contributed by atoms with Gasteiger partial charge in [0.2, 0.25) is 0 Å². The van der Waals surface area contributed by atoms with Crippen LogP contribution < -0.4 is 0 Å². The van der Waals surface area contributed by atoms with E-state index < -0.39 is 0 Å². The zero-order chi connectivity index (χ0) is 14.3. The van der Waals surface area contributed by atoms with Gasteiger partial charge < -0.3 is 0 Å². The van der Waals surface area contributed by atoms with Gasteiger partial charge in [-0.1, -0.05) is 30.3 Å². The Balaban J connectivity index is 1.64. The second kappa shape index (κ2) is 6.76. The molecule has 0 spiro atoms. The fraction of sp³-hybridized carbons (Fsp3) is 0.286. The zero-order valence-electron chi connectivity index (χ0n) is 11.6. The Hall–Kier alpha value is -2.54. The smallest absolute Gasteiger partial charge is 0.138 e. The second-order valence-electron chi connectivity index (χ2n) is 4.85. The minimum absolute atomic E-state index is 0.758. The van der Waals surface area contributed by atoms with E-state index in [1.54, 1.807) is 17.2 Å². The minimum atomic E-state index is 0.758. The number of rotatable bonds is 7. The molecule has 0 saturated carbocycles. The Labute approximate surface area is 122 Å². The fourth-order valence-corrected chi connectivity index (χ4v) is 2.20. The number of nitrogens with zero attached hydrogens (tertiary/aromatic N) is 6. The third-order valence-electron chi connectivity index (χ3n) is 3.24. The molecule has 108 valence electrons. The standard InChI is InChI=1S/C14H17N7/c1-2-4-13(5-3-1)10-20(11-14-6-7-15-17-14)8-9-21-12-16-18-19-21/h1-7,12H,8-11H2,(H,15,17). The van der Waals surface area contributed by atoms with Crippen LogP contribution in [0.1, 0.15) is 11.3 Å². The first kappa shape index (κ1) is 13.4. The molecule has 1 N–H and O–H groups in total. The van der Waals surface area contributed by atoms with E-state index in [2.05, 4.69) is 54.9 Å². The molecule has 0 aliphatic carbocycles. The van der Waals surface area contributed by atoms with Gasteiger partial charge in [0.25, 0.3) is 0 Å². The average molecular weight is 283 g/mol. The first-order valence-electron chi connectivity index (χ1n) is 6.85. The topological polar surface area (TPSA) is 75.5 Å². The Morgan fingerprint density at radius 2 is 2.00 bits per heavy atom. The molecule has 0 aliphatic heterocycles. The number of tetrazole rings is 1. The molecule has 0 amide bonds. The van der Waals surface area contributed by atoms with Gasteiger partial charge in [-0.3, -0.25) is 10.00 Å². The van der Waals surface area contributed by atoms with Crippen molar-refractivity contribution in [3.05, 3.63) is 60.2 Å². The summed E-state index contributed by atoms with van der Waals surface area (Å²) in [6.45, 7) is 3.31. The number of hydrogen-bond donors (Lipinski definition) is 1. The third kappa shape index (κ3) is 3.96. The van der Waals surface area contributed by atoms with E-state index >= 15 is 0 Å². The van der Waals surface area contributed by atoms with Crippen LogP contribution in [-0.4, -0.2) is 41.8 Å². The molecule has 0 atom stereocenters. The molecule has 0 unspecified atom stereocenters. The number of H-pyrrole nitrogens is 1. The first-order chi connectivity index (χ1) is 10.4. The van der Waals surface area contributed by atoms with Gasteiger partial charge in [0.15, 0.2) is 0 Å². The summed E-state index contributed by atoms with van der Waals surface area (Å²) >= 11 is 0. The summed E-state index contributed by atoms with van der Waals surface area (Å²) in [7, 11) is 0. The molecule has 0 bridgehead atoms. The van der Waals surface area contributed by atoms with E-state index in [1.165, 1.54) is 5.56 Å². The summed E-state index contributed by atoms with van der Waals surface area (Å²) in [5.41, 5.74) is 2.39. The van der Waals surface area contributed by atoms with Crippen LogP contribution in [0.2, 0.25) is 0 Å². The lowest BCUT2D eigenvalue weighted by molar-refractivity contribution is 0.238. The number of aromatic nitrogens is 6. The summed E-state index contributed by atoms with van der Waals surface area (Å²) < 4.78 is 1.74. The van der Waals surface area contributed by atoms with Crippen molar-refractivity contribution in [3.63, 3.8) is 0 Å². The quantitative estimate of drug-likeness (QED) is 0.702. The predicted molar refractivity (Wildman–Crippen MR) is 77.0 cm³/mol. The third-order valence-corrected chi connectivity index (χ3v) is 3.24. The van der Waals surface area contributed by atoms with Crippen LogP contribution in [0.4, 0.5) is 0 Å². The van der Waals surface area contributed by atoms with Gasteiger partial charge in [-0.25, -0.2) is 4.68 Å². The lowest BCUT2D eigenvalue weighted by Crippen LogP contribution is -2.27. The summed E-state index contributed by atoms with van der Waals surface area (Å²) in [5.74, 6) is 0. The van der Waals surface area contributed by atoms with E-state index in [-0.39, 0.29) is 0 Å². The van der Waals surface area contributed by atoms with Crippen molar-refractivity contribution in [1.82, 2.24) is 35.3 Å². The molecule has 1 aromatic carbocycles. The number of hydrogen-bond acceptors (Lipinski definition) is 5. The number of nitrogens with one attached hydrogen (secondary N) is 1. The lowest BCUT2D eigenvalue weighted by atomic mass is 10.2. The Kier molecular flexibility index (Phi) is 4.33. The first-order valence-corrected chi connectivity index (χ1v) is 6.85. The van der Waals surface area contributed by atoms with Crippen molar-refractivity contribution in [1.29, 1.82) is 0 Å². The van der Waals surface area contributed by atoms with E-state index in [0.29, 0.717) is 0 Å². The average Bonchev–Trinajstić information content (AvgIpc) is 3.19. The highest BCUT2D eigenvalue weighted by Crippen LogP contribution is 2.08. The molecule has 7 heteroatoms. The molecule has 21 heavy (non-hydrogen) atoms. The van der Waals surface area contributed by atoms with Gasteiger partial charge in [0.05, 0.1) is 6.54 Å². The van der Waals surface area contributed by atoms with Crippen molar-refractivity contribution in [2.24, 2.45) is 0 Å². The maximum atomic E-state index is 4.00. The predicted octanol–water partition coefficient (Wildman–Crippen LogP) is 1.10. The normalized spacial score (nSPS) is 11.1. The van der Waals surface area contributed by atoms with Crippen LogP contribution in [0.25, 0.3) is 0 Å². The molecule has 0 radical (unpaired) electrons. The van der Waals surface area contributed by atoms with Gasteiger partial charge in [0.1, 0.15) is 6.33 Å². The summed E-state index contributed by atoms with van der Waals surface area (Å²) in [4.78, 5) is 2.34. The second-order valence-corrected chi connectivity index (χ2v) is 4.85. The van der Waals surface area contributed by atoms with Gasteiger partial charge in [-0.2, -0.15) is 5.10 Å². The molecule has 0 saturated heterocycles. The van der Waals surface area contributed by atoms with Crippen LogP contribution in [0.3, 0.4) is 0 Å². The molecule has 3 rings (SSSR count). The largest absolute Gasteiger partial charge is 0.291 e. The monoisotopic (exact) mass is 283 g/mol.